The van der Waals surface area contributed by atoms with Crippen LogP contribution >= 0.6 is 0 Å². The number of halogens is 2. The molecule has 26 heavy (non-hydrogen) atoms. The molecule has 0 heterocycles. The number of ether oxygens (including phenoxy) is 2. The predicted octanol–water partition coefficient (Wildman–Crippen LogP) is 2.15. The molecule has 3 N–H and O–H groups in total. The van der Waals surface area contributed by atoms with Gasteiger partial charge >= 0.3 is 5.97 Å². The van der Waals surface area contributed by atoms with E-state index in [0.29, 0.717) is 32.3 Å². The van der Waals surface area contributed by atoms with Gasteiger partial charge in [-0.15, -0.1) is 0 Å². The van der Waals surface area contributed by atoms with E-state index in [4.69, 9.17) is 15.2 Å². The Hall–Kier alpha value is -2.22. The second kappa shape index (κ2) is 9.47. The molecule has 1 fully saturated rings. The Balaban J connectivity index is 1.97. The minimum Gasteiger partial charge on any atom is -0.490 e. The Morgan fingerprint density at radius 1 is 1.19 bits per heavy atom. The Morgan fingerprint density at radius 3 is 2.35 bits per heavy atom. The minimum atomic E-state index is -0.991. The van der Waals surface area contributed by atoms with Gasteiger partial charge in [0.1, 0.15) is 22.9 Å². The molecule has 1 aliphatic rings. The molecule has 0 aromatic heterocycles. The molecule has 0 radical (unpaired) electrons. The molecule has 144 valence electrons. The number of carbonyl (C=O) groups is 2. The first-order chi connectivity index (χ1) is 12.5. The van der Waals surface area contributed by atoms with Crippen LogP contribution in [0.5, 0.6) is 5.75 Å². The summed E-state index contributed by atoms with van der Waals surface area (Å²) in [5.41, 5.74) is 4.60. The standard InChI is InChI=1S/C18H24F2N2O4/c1-2-25-18(24)11-3-5-12(6-4-11)26-13-9-14(19)16(15(20)10-13)17(23)22-8-7-21/h9-12H,2-8,21H2,1H3,(H,22,23)/t11-,12+. The lowest BCUT2D eigenvalue weighted by Gasteiger charge is -2.27. The molecule has 0 aliphatic heterocycles. The van der Waals surface area contributed by atoms with Crippen molar-refractivity contribution in [2.24, 2.45) is 11.7 Å². The first-order valence-corrected chi connectivity index (χ1v) is 8.76. The molecule has 0 spiro atoms. The van der Waals surface area contributed by atoms with Crippen molar-refractivity contribution in [3.05, 3.63) is 29.3 Å². The van der Waals surface area contributed by atoms with Crippen molar-refractivity contribution in [2.45, 2.75) is 38.7 Å². The number of nitrogens with two attached hydrogens (primary N) is 1. The zero-order valence-electron chi connectivity index (χ0n) is 14.7. The number of rotatable bonds is 7. The minimum absolute atomic E-state index is 0.0231. The van der Waals surface area contributed by atoms with E-state index in [9.17, 15) is 18.4 Å². The zero-order chi connectivity index (χ0) is 19.1. The number of esters is 1. The summed E-state index contributed by atoms with van der Waals surface area (Å²) in [7, 11) is 0. The van der Waals surface area contributed by atoms with Crippen LogP contribution in [0.3, 0.4) is 0 Å². The van der Waals surface area contributed by atoms with E-state index in [2.05, 4.69) is 5.32 Å². The van der Waals surface area contributed by atoms with Gasteiger partial charge in [0.05, 0.1) is 18.6 Å². The summed E-state index contributed by atoms with van der Waals surface area (Å²) in [6.07, 6.45) is 2.15. The molecular weight excluding hydrogens is 346 g/mol. The summed E-state index contributed by atoms with van der Waals surface area (Å²) in [6.45, 7) is 2.40. The highest BCUT2D eigenvalue weighted by Crippen LogP contribution is 2.30. The SMILES string of the molecule is CCOC(=O)[C@H]1CC[C@@H](Oc2cc(F)c(C(=O)NCCN)c(F)c2)CC1. The topological polar surface area (TPSA) is 90.6 Å². The first kappa shape index (κ1) is 20.1. The highest BCUT2D eigenvalue weighted by Gasteiger charge is 2.28. The molecule has 0 bridgehead atoms. The summed E-state index contributed by atoms with van der Waals surface area (Å²) in [5, 5.41) is 2.33. The molecule has 0 unspecified atom stereocenters. The molecule has 1 aromatic rings. The Labute approximate surface area is 151 Å². The van der Waals surface area contributed by atoms with Gasteiger partial charge in [-0.25, -0.2) is 8.78 Å². The van der Waals surface area contributed by atoms with Gasteiger partial charge in [0.2, 0.25) is 0 Å². The molecule has 2 rings (SSSR count). The van der Waals surface area contributed by atoms with Crippen LogP contribution in [-0.4, -0.2) is 37.7 Å². The molecule has 8 heteroatoms. The van der Waals surface area contributed by atoms with E-state index in [1.54, 1.807) is 6.92 Å². The molecule has 0 atom stereocenters. The lowest BCUT2D eigenvalue weighted by molar-refractivity contribution is -0.149. The van der Waals surface area contributed by atoms with E-state index in [0.717, 1.165) is 12.1 Å². The molecular formula is C18H24F2N2O4. The van der Waals surface area contributed by atoms with Crippen molar-refractivity contribution in [3.63, 3.8) is 0 Å². The van der Waals surface area contributed by atoms with Crippen molar-refractivity contribution in [1.82, 2.24) is 5.32 Å². The molecule has 0 saturated heterocycles. The predicted molar refractivity (Wildman–Crippen MR) is 90.8 cm³/mol. The Kier molecular flexibility index (Phi) is 7.32. The van der Waals surface area contributed by atoms with Crippen LogP contribution in [0.2, 0.25) is 0 Å². The van der Waals surface area contributed by atoms with Gasteiger partial charge in [0, 0.05) is 25.2 Å². The fourth-order valence-corrected chi connectivity index (χ4v) is 2.98. The fourth-order valence-electron chi connectivity index (χ4n) is 2.98. The second-order valence-electron chi connectivity index (χ2n) is 6.15. The first-order valence-electron chi connectivity index (χ1n) is 8.76. The van der Waals surface area contributed by atoms with Gasteiger partial charge in [-0.3, -0.25) is 9.59 Å². The van der Waals surface area contributed by atoms with Crippen LogP contribution in [0.4, 0.5) is 8.78 Å². The van der Waals surface area contributed by atoms with Crippen LogP contribution in [0.15, 0.2) is 12.1 Å². The van der Waals surface area contributed by atoms with Crippen molar-refractivity contribution in [1.29, 1.82) is 0 Å². The van der Waals surface area contributed by atoms with E-state index < -0.39 is 23.1 Å². The lowest BCUT2D eigenvalue weighted by Crippen LogP contribution is -2.31. The van der Waals surface area contributed by atoms with Crippen LogP contribution in [0, 0.1) is 17.6 Å². The summed E-state index contributed by atoms with van der Waals surface area (Å²) < 4.78 is 38.9. The van der Waals surface area contributed by atoms with Crippen LogP contribution in [-0.2, 0) is 9.53 Å². The van der Waals surface area contributed by atoms with Crippen molar-refractivity contribution >= 4 is 11.9 Å². The average Bonchev–Trinajstić information content (AvgIpc) is 2.60. The van der Waals surface area contributed by atoms with E-state index >= 15 is 0 Å². The maximum absolute atomic E-state index is 14.1. The second-order valence-corrected chi connectivity index (χ2v) is 6.15. The van der Waals surface area contributed by atoms with Crippen LogP contribution < -0.4 is 15.8 Å². The van der Waals surface area contributed by atoms with Gasteiger partial charge in [-0.2, -0.15) is 0 Å². The Morgan fingerprint density at radius 2 is 1.81 bits per heavy atom. The van der Waals surface area contributed by atoms with E-state index in [1.165, 1.54) is 0 Å². The molecule has 1 aromatic carbocycles. The summed E-state index contributed by atoms with van der Waals surface area (Å²) >= 11 is 0. The normalized spacial score (nSPS) is 19.7. The third kappa shape index (κ3) is 5.14. The van der Waals surface area contributed by atoms with Gasteiger partial charge < -0.3 is 20.5 Å². The lowest BCUT2D eigenvalue weighted by atomic mass is 9.87. The quantitative estimate of drug-likeness (QED) is 0.718. The largest absolute Gasteiger partial charge is 0.490 e. The maximum Gasteiger partial charge on any atom is 0.308 e. The summed E-state index contributed by atoms with van der Waals surface area (Å²) in [6, 6.07) is 2.00. The van der Waals surface area contributed by atoms with Gasteiger partial charge in [-0.1, -0.05) is 0 Å². The summed E-state index contributed by atoms with van der Waals surface area (Å²) in [5.74, 6) is -3.18. The maximum atomic E-state index is 14.1. The van der Waals surface area contributed by atoms with Crippen molar-refractivity contribution in [3.8, 4) is 5.75 Å². The van der Waals surface area contributed by atoms with E-state index in [1.807, 2.05) is 0 Å². The molecule has 1 saturated carbocycles. The zero-order valence-corrected chi connectivity index (χ0v) is 14.7. The monoisotopic (exact) mass is 370 g/mol. The average molecular weight is 370 g/mol. The number of benzene rings is 1. The molecule has 6 nitrogen and oxygen atoms in total. The van der Waals surface area contributed by atoms with Crippen LogP contribution in [0.25, 0.3) is 0 Å². The third-order valence-electron chi connectivity index (χ3n) is 4.27. The smallest absolute Gasteiger partial charge is 0.308 e. The van der Waals surface area contributed by atoms with Gasteiger partial charge in [0.25, 0.3) is 5.91 Å². The number of hydrogen-bond acceptors (Lipinski definition) is 5. The number of carbonyl (C=O) groups excluding carboxylic acids is 2. The number of nitrogens with one attached hydrogen (secondary N) is 1. The van der Waals surface area contributed by atoms with Gasteiger partial charge in [-0.05, 0) is 32.6 Å². The molecule has 1 amide bonds. The van der Waals surface area contributed by atoms with Crippen molar-refractivity contribution in [2.75, 3.05) is 19.7 Å². The number of amides is 1. The third-order valence-corrected chi connectivity index (χ3v) is 4.27. The van der Waals surface area contributed by atoms with Crippen molar-refractivity contribution < 1.29 is 27.8 Å². The highest BCUT2D eigenvalue weighted by atomic mass is 19.1. The molecule has 1 aliphatic carbocycles. The van der Waals surface area contributed by atoms with E-state index in [-0.39, 0.29) is 36.8 Å². The van der Waals surface area contributed by atoms with Crippen LogP contribution in [0.1, 0.15) is 43.0 Å². The highest BCUT2D eigenvalue weighted by molar-refractivity contribution is 5.94. The summed E-state index contributed by atoms with van der Waals surface area (Å²) in [4.78, 5) is 23.5. The number of hydrogen-bond donors (Lipinski definition) is 2. The fraction of sp³-hybridized carbons (Fsp3) is 0.556. The van der Waals surface area contributed by atoms with Gasteiger partial charge in [0.15, 0.2) is 0 Å². The Bertz CT molecular complexity index is 623.